The Hall–Kier alpha value is -2.44. The van der Waals surface area contributed by atoms with Gasteiger partial charge in [-0.25, -0.2) is 13.5 Å². The summed E-state index contributed by atoms with van der Waals surface area (Å²) in [6, 6.07) is 20.9. The van der Waals surface area contributed by atoms with E-state index in [1.807, 2.05) is 86.9 Å². The molecular formula is C50H94N3O11SSi4+. The summed E-state index contributed by atoms with van der Waals surface area (Å²) in [6.07, 6.45) is 13.7. The van der Waals surface area contributed by atoms with Gasteiger partial charge in [0.1, 0.15) is 19.0 Å². The number of benzene rings is 2. The van der Waals surface area contributed by atoms with Crippen molar-refractivity contribution in [2.45, 2.75) is 161 Å². The van der Waals surface area contributed by atoms with Gasteiger partial charge >= 0.3 is 12.2 Å². The molecule has 19 heteroatoms. The Balaban J connectivity index is 2.13. The van der Waals surface area contributed by atoms with Crippen molar-refractivity contribution in [3.8, 4) is 0 Å². The quantitative estimate of drug-likeness (QED) is 0.0331. The largest absolute Gasteiger partial charge is 0.445 e. The number of quaternary nitrogens is 1. The fraction of sp³-hybridized carbons (Fsp3) is 0.720. The predicted octanol–water partition coefficient (Wildman–Crippen LogP) is 10.3. The third-order valence-electron chi connectivity index (χ3n) is 12.6. The van der Waals surface area contributed by atoms with Gasteiger partial charge in [0, 0.05) is 26.2 Å². The lowest BCUT2D eigenvalue weighted by Gasteiger charge is -2.36. The molecule has 0 bridgehead atoms. The molecular weight excluding hydrogens is 963 g/mol. The summed E-state index contributed by atoms with van der Waals surface area (Å²) in [6.45, 7) is 16.0. The molecule has 2 atom stereocenters. The number of nitrogens with zero attached hydrogens (tertiary/aromatic N) is 2. The van der Waals surface area contributed by atoms with E-state index >= 15 is 0 Å². The number of ether oxygens (including phenoxy) is 2. The summed E-state index contributed by atoms with van der Waals surface area (Å²) >= 11 is 0. The van der Waals surface area contributed by atoms with E-state index in [1.165, 1.54) is 44.9 Å². The van der Waals surface area contributed by atoms with Gasteiger partial charge in [0.2, 0.25) is 25.0 Å². The number of hydrogen-bond donors (Lipinski definition) is 3. The molecule has 0 heterocycles. The third kappa shape index (κ3) is 28.4. The molecule has 0 fully saturated rings. The number of unbranched alkanes of at least 4 members (excludes halogenated alkanes) is 10. The van der Waals surface area contributed by atoms with Crippen LogP contribution in [0.4, 0.5) is 9.59 Å². The van der Waals surface area contributed by atoms with Crippen molar-refractivity contribution in [2.24, 2.45) is 0 Å². The molecule has 2 aromatic rings. The number of aliphatic hydroxyl groups is 1. The lowest BCUT2D eigenvalue weighted by molar-refractivity contribution is -0.762. The Bertz CT molecular complexity index is 1810. The molecule has 0 aromatic heterocycles. The number of amides is 2. The normalized spacial score (nSPS) is 14.2. The van der Waals surface area contributed by atoms with Gasteiger partial charge in [-0.1, -0.05) is 132 Å². The smallest absolute Gasteiger partial charge is 0.410 e. The van der Waals surface area contributed by atoms with Crippen molar-refractivity contribution in [1.82, 2.24) is 10.2 Å². The van der Waals surface area contributed by atoms with Gasteiger partial charge < -0.3 is 42.9 Å². The Morgan fingerprint density at radius 2 is 1.17 bits per heavy atom. The van der Waals surface area contributed by atoms with E-state index in [0.717, 1.165) is 30.4 Å². The van der Waals surface area contributed by atoms with Crippen molar-refractivity contribution < 1.29 is 54.5 Å². The van der Waals surface area contributed by atoms with Crippen LogP contribution in [0, 0.1) is 0 Å². The minimum absolute atomic E-state index is 0.00353. The lowest BCUT2D eigenvalue weighted by atomic mass is 10.1. The van der Waals surface area contributed by atoms with E-state index in [0.29, 0.717) is 63.3 Å². The van der Waals surface area contributed by atoms with Crippen molar-refractivity contribution >= 4 is 55.5 Å². The van der Waals surface area contributed by atoms with Crippen LogP contribution in [-0.2, 0) is 46.0 Å². The van der Waals surface area contributed by atoms with Crippen LogP contribution in [0.2, 0.25) is 57.4 Å². The summed E-state index contributed by atoms with van der Waals surface area (Å²) in [4.78, 5) is 38.7. The van der Waals surface area contributed by atoms with Crippen LogP contribution >= 0.6 is 0 Å². The van der Waals surface area contributed by atoms with Crippen LogP contribution in [0.25, 0.3) is 0 Å². The maximum Gasteiger partial charge on any atom is 0.410 e. The minimum atomic E-state index is -3.39. The van der Waals surface area contributed by atoms with Gasteiger partial charge in [0.25, 0.3) is 10.0 Å². The Labute approximate surface area is 422 Å². The molecule has 14 nitrogen and oxygen atoms in total. The Morgan fingerprint density at radius 3 is 1.72 bits per heavy atom. The van der Waals surface area contributed by atoms with E-state index < -0.39 is 55.5 Å². The summed E-state index contributed by atoms with van der Waals surface area (Å²) in [5.41, 5.74) is 1.73. The topological polar surface area (TPSA) is 170 Å². The zero-order valence-corrected chi connectivity index (χ0v) is 49.1. The summed E-state index contributed by atoms with van der Waals surface area (Å²) in [5, 5.41) is 12.8. The average Bonchev–Trinajstić information content (AvgIpc) is 3.30. The predicted molar refractivity (Wildman–Crippen MR) is 289 cm³/mol. The minimum Gasteiger partial charge on any atom is -0.445 e. The molecule has 69 heavy (non-hydrogen) atoms. The molecule has 2 aromatic carbocycles. The van der Waals surface area contributed by atoms with Crippen LogP contribution < -0.4 is 5.32 Å². The van der Waals surface area contributed by atoms with Gasteiger partial charge in [-0.15, -0.1) is 0 Å². The van der Waals surface area contributed by atoms with Gasteiger partial charge in [-0.05, 0) is 87.8 Å². The van der Waals surface area contributed by atoms with E-state index in [4.69, 9.17) is 22.8 Å². The zero-order chi connectivity index (χ0) is 51.3. The maximum atomic E-state index is 13.7. The number of hydrogen-bond acceptors (Lipinski definition) is 11. The van der Waals surface area contributed by atoms with E-state index in [9.17, 15) is 27.9 Å². The van der Waals surface area contributed by atoms with Gasteiger partial charge in [-0.2, -0.15) is 8.42 Å². The number of nitrogens with one attached hydrogen (secondary N) is 1. The van der Waals surface area contributed by atoms with Crippen LogP contribution in [0.5, 0.6) is 0 Å². The monoisotopic (exact) mass is 1060 g/mol. The van der Waals surface area contributed by atoms with E-state index in [-0.39, 0.29) is 48.4 Å². The lowest BCUT2D eigenvalue weighted by Crippen LogP contribution is -2.51. The fourth-order valence-electron chi connectivity index (χ4n) is 7.71. The third-order valence-corrected chi connectivity index (χ3v) is 24.8. The second kappa shape index (κ2) is 32.6. The van der Waals surface area contributed by atoms with Crippen molar-refractivity contribution in [3.63, 3.8) is 0 Å². The number of sulfonamides is 1. The summed E-state index contributed by atoms with van der Waals surface area (Å²) in [7, 11) is -9.95. The van der Waals surface area contributed by atoms with Crippen LogP contribution in [-0.4, -0.2) is 144 Å². The van der Waals surface area contributed by atoms with E-state index in [1.54, 1.807) is 19.0 Å². The highest BCUT2D eigenvalue weighted by Crippen LogP contribution is 2.27. The molecule has 2 amide bonds. The van der Waals surface area contributed by atoms with Gasteiger partial charge in [0.05, 0.1) is 39.3 Å². The zero-order valence-electron chi connectivity index (χ0n) is 44.2. The van der Waals surface area contributed by atoms with Crippen molar-refractivity contribution in [3.05, 3.63) is 71.8 Å². The van der Waals surface area contributed by atoms with Crippen molar-refractivity contribution in [1.29, 1.82) is 0 Å². The van der Waals surface area contributed by atoms with Gasteiger partial charge in [-0.3, -0.25) is 0 Å². The first-order valence-electron chi connectivity index (χ1n) is 25.7. The second-order valence-corrected chi connectivity index (χ2v) is 39.9. The molecule has 0 saturated heterocycles. The molecule has 2 unspecified atom stereocenters. The molecule has 0 aliphatic carbocycles. The number of aliphatic hydroxyl groups excluding tert-OH is 1. The van der Waals surface area contributed by atoms with Crippen molar-refractivity contribution in [2.75, 3.05) is 71.3 Å². The Morgan fingerprint density at radius 1 is 0.652 bits per heavy atom. The molecule has 0 aliphatic rings. The molecule has 396 valence electrons. The molecule has 0 spiro atoms. The van der Waals surface area contributed by atoms with Crippen LogP contribution in [0.1, 0.15) is 102 Å². The van der Waals surface area contributed by atoms with Crippen LogP contribution in [0.3, 0.4) is 0 Å². The second-order valence-electron chi connectivity index (χ2n) is 21.1. The van der Waals surface area contributed by atoms with Gasteiger partial charge in [0.15, 0.2) is 8.32 Å². The number of carbonyl (C=O) groups is 2. The molecule has 0 saturated carbocycles. The number of carbonyl (C=O) groups excluding carboxylic acids is 2. The number of rotatable bonds is 39. The summed E-state index contributed by atoms with van der Waals surface area (Å²) in [5.74, 6) is 0.178. The molecule has 2 rings (SSSR count). The van der Waals surface area contributed by atoms with E-state index in [2.05, 4.69) is 25.3 Å². The highest BCUT2D eigenvalue weighted by molar-refractivity contribution is 7.85. The molecule has 0 radical (unpaired) electrons. The fourth-order valence-corrected chi connectivity index (χ4v) is 18.8. The highest BCUT2D eigenvalue weighted by Gasteiger charge is 2.39. The standard InChI is InChI=1S/C50H93N3O11SSi4/c1-10-11-12-13-14-15-16-17-18-19-26-38-65(57,58)53(2,3)36-28-40-69(9,63-45-66(4,5)59)46-64-68(8,41-37-62-67(6,7)44-54)39-27-34-52(50(56)61-43-48-31-24-21-25-32-48)35-33-51-49(55)60-42-47-29-22-20-23-30-47/h20-25,29-32,54,59H,10-19,26-28,33-46H2,1-9H3/p+1. The first-order valence-corrected chi connectivity index (χ1v) is 39.3. The summed E-state index contributed by atoms with van der Waals surface area (Å²) < 4.78 is 58.4. The number of alkyl carbamates (subject to hydrolysis) is 1. The molecule has 3 N–H and O–H groups in total. The molecule has 0 aliphatic heterocycles. The maximum absolute atomic E-state index is 13.7. The Kier molecular flexibility index (Phi) is 29.6. The SMILES string of the molecule is CCCCCCCCCCCCCS(=O)(=O)[N+](C)(C)CCC[Si](C)(CO[Si](C)(CCCN(CCNC(=O)OCc1ccccc1)C(=O)OCc1ccccc1)CCO[Si](C)(C)CO)OC[Si](C)(C)O. The first kappa shape index (κ1) is 62.7. The first-order chi connectivity index (χ1) is 32.5. The highest BCUT2D eigenvalue weighted by atomic mass is 32.2. The average molecular weight is 1060 g/mol. The van der Waals surface area contributed by atoms with Crippen LogP contribution in [0.15, 0.2) is 60.7 Å².